The van der Waals surface area contributed by atoms with Gasteiger partial charge < -0.3 is 15.4 Å². The molecule has 1 saturated heterocycles. The number of carbonyl (C=O) groups is 2. The highest BCUT2D eigenvalue weighted by atomic mass is 35.5. The van der Waals surface area contributed by atoms with E-state index in [2.05, 4.69) is 15.4 Å². The van der Waals surface area contributed by atoms with E-state index in [1.54, 1.807) is 0 Å². The molecule has 0 bridgehead atoms. The third kappa shape index (κ3) is 3.56. The number of anilines is 1. The average Bonchev–Trinajstić information content (AvgIpc) is 2.98. The lowest BCUT2D eigenvalue weighted by Crippen LogP contribution is -2.50. The second kappa shape index (κ2) is 7.56. The molecule has 7 heteroatoms. The van der Waals surface area contributed by atoms with Crippen molar-refractivity contribution in [3.8, 4) is 0 Å². The Morgan fingerprint density at radius 2 is 2.18 bits per heavy atom. The predicted octanol–water partition coefficient (Wildman–Crippen LogP) is 2.50. The van der Waals surface area contributed by atoms with Crippen molar-refractivity contribution in [1.82, 2.24) is 5.32 Å². The molecule has 5 nitrogen and oxygen atoms in total. The van der Waals surface area contributed by atoms with Crippen molar-refractivity contribution in [3.63, 3.8) is 0 Å². The molecule has 1 fully saturated rings. The smallest absolute Gasteiger partial charge is 0.337 e. The van der Waals surface area contributed by atoms with Gasteiger partial charge in [-0.1, -0.05) is 6.92 Å². The number of esters is 1. The van der Waals surface area contributed by atoms with Gasteiger partial charge in [-0.3, -0.25) is 4.79 Å². The van der Waals surface area contributed by atoms with E-state index in [9.17, 15) is 14.0 Å². The molecule has 1 atom stereocenters. The van der Waals surface area contributed by atoms with Gasteiger partial charge in [-0.05, 0) is 44.0 Å². The molecule has 1 aromatic rings. The third-order valence-corrected chi connectivity index (χ3v) is 3.92. The van der Waals surface area contributed by atoms with Crippen LogP contribution in [0.15, 0.2) is 18.2 Å². The highest BCUT2D eigenvalue weighted by Gasteiger charge is 2.39. The molecule has 1 unspecified atom stereocenters. The molecule has 22 heavy (non-hydrogen) atoms. The lowest BCUT2D eigenvalue weighted by molar-refractivity contribution is -0.122. The van der Waals surface area contributed by atoms with Gasteiger partial charge >= 0.3 is 5.97 Å². The van der Waals surface area contributed by atoms with Crippen LogP contribution in [-0.4, -0.2) is 31.1 Å². The van der Waals surface area contributed by atoms with Crippen molar-refractivity contribution in [3.05, 3.63) is 29.6 Å². The molecule has 2 rings (SSSR count). The first-order chi connectivity index (χ1) is 10.0. The van der Waals surface area contributed by atoms with Crippen molar-refractivity contribution in [1.29, 1.82) is 0 Å². The van der Waals surface area contributed by atoms with Crippen molar-refractivity contribution in [2.24, 2.45) is 0 Å². The molecule has 1 aliphatic heterocycles. The molecular weight excluding hydrogens is 311 g/mol. The van der Waals surface area contributed by atoms with E-state index in [4.69, 9.17) is 0 Å². The summed E-state index contributed by atoms with van der Waals surface area (Å²) in [6.45, 7) is 2.69. The molecule has 1 amide bonds. The maximum absolute atomic E-state index is 13.8. The Balaban J connectivity index is 0.00000242. The topological polar surface area (TPSA) is 67.4 Å². The third-order valence-electron chi connectivity index (χ3n) is 3.92. The number of carbonyl (C=O) groups excluding carboxylic acids is 2. The quantitative estimate of drug-likeness (QED) is 0.832. The average molecular weight is 331 g/mol. The van der Waals surface area contributed by atoms with E-state index in [1.165, 1.54) is 19.2 Å². The second-order valence-corrected chi connectivity index (χ2v) is 5.11. The summed E-state index contributed by atoms with van der Waals surface area (Å²) >= 11 is 0. The molecule has 0 saturated carbocycles. The van der Waals surface area contributed by atoms with Crippen LogP contribution in [0, 0.1) is 5.82 Å². The Bertz CT molecular complexity index is 560. The monoisotopic (exact) mass is 330 g/mol. The van der Waals surface area contributed by atoms with Crippen molar-refractivity contribution < 1.29 is 18.7 Å². The number of rotatable bonds is 4. The fraction of sp³-hybridized carbons (Fsp3) is 0.467. The van der Waals surface area contributed by atoms with Crippen LogP contribution in [0.1, 0.15) is 36.5 Å². The maximum Gasteiger partial charge on any atom is 0.337 e. The van der Waals surface area contributed by atoms with Crippen molar-refractivity contribution in [2.45, 2.75) is 31.7 Å². The van der Waals surface area contributed by atoms with Crippen LogP contribution in [0.25, 0.3) is 0 Å². The number of methoxy groups -OCH3 is 1. The van der Waals surface area contributed by atoms with Gasteiger partial charge in [-0.15, -0.1) is 12.4 Å². The van der Waals surface area contributed by atoms with Gasteiger partial charge in [0.05, 0.1) is 23.9 Å². The molecule has 1 aromatic carbocycles. The Hall–Kier alpha value is -1.66. The number of halogens is 2. The van der Waals surface area contributed by atoms with Gasteiger partial charge in [0.25, 0.3) is 0 Å². The Labute approximate surface area is 135 Å². The molecule has 122 valence electrons. The summed E-state index contributed by atoms with van der Waals surface area (Å²) in [5.41, 5.74) is -0.475. The minimum Gasteiger partial charge on any atom is -0.465 e. The molecule has 1 heterocycles. The van der Waals surface area contributed by atoms with Crippen LogP contribution in [-0.2, 0) is 9.53 Å². The van der Waals surface area contributed by atoms with E-state index >= 15 is 0 Å². The Kier molecular flexibility index (Phi) is 6.32. The fourth-order valence-electron chi connectivity index (χ4n) is 2.57. The number of benzene rings is 1. The van der Waals surface area contributed by atoms with Crippen molar-refractivity contribution in [2.75, 3.05) is 19.0 Å². The van der Waals surface area contributed by atoms with Crippen LogP contribution < -0.4 is 10.6 Å². The molecular formula is C15H20ClFN2O3. The first-order valence-corrected chi connectivity index (χ1v) is 6.97. The normalized spacial score (nSPS) is 20.1. The summed E-state index contributed by atoms with van der Waals surface area (Å²) in [6.07, 6.45) is 2.25. The summed E-state index contributed by atoms with van der Waals surface area (Å²) < 4.78 is 18.4. The first kappa shape index (κ1) is 18.4. The summed E-state index contributed by atoms with van der Waals surface area (Å²) in [5, 5.41) is 5.76. The van der Waals surface area contributed by atoms with Crippen LogP contribution >= 0.6 is 12.4 Å². The lowest BCUT2D eigenvalue weighted by atomic mass is 9.93. The molecule has 0 aromatic heterocycles. The van der Waals surface area contributed by atoms with Crippen LogP contribution in [0.4, 0.5) is 10.1 Å². The molecule has 0 aliphatic carbocycles. The van der Waals surface area contributed by atoms with E-state index < -0.39 is 17.3 Å². The summed E-state index contributed by atoms with van der Waals surface area (Å²) in [4.78, 5) is 23.9. The zero-order chi connectivity index (χ0) is 15.5. The van der Waals surface area contributed by atoms with Gasteiger partial charge in [-0.25, -0.2) is 9.18 Å². The lowest BCUT2D eigenvalue weighted by Gasteiger charge is -2.26. The van der Waals surface area contributed by atoms with Crippen LogP contribution in [0.2, 0.25) is 0 Å². The van der Waals surface area contributed by atoms with Gasteiger partial charge in [0, 0.05) is 0 Å². The summed E-state index contributed by atoms with van der Waals surface area (Å²) in [6, 6.07) is 3.75. The minimum absolute atomic E-state index is 0. The molecule has 1 aliphatic rings. The number of hydrogen-bond donors (Lipinski definition) is 2. The zero-order valence-corrected chi connectivity index (χ0v) is 13.4. The fourth-order valence-corrected chi connectivity index (χ4v) is 2.57. The molecule has 2 N–H and O–H groups in total. The first-order valence-electron chi connectivity index (χ1n) is 6.97. The van der Waals surface area contributed by atoms with Gasteiger partial charge in [-0.2, -0.15) is 0 Å². The van der Waals surface area contributed by atoms with E-state index in [0.29, 0.717) is 12.8 Å². The maximum atomic E-state index is 13.8. The minimum atomic E-state index is -0.659. The summed E-state index contributed by atoms with van der Waals surface area (Å²) in [5.74, 6) is -1.43. The van der Waals surface area contributed by atoms with Gasteiger partial charge in [0.15, 0.2) is 0 Å². The van der Waals surface area contributed by atoms with Crippen LogP contribution in [0.5, 0.6) is 0 Å². The molecule has 0 spiro atoms. The van der Waals surface area contributed by atoms with Gasteiger partial charge in [0.1, 0.15) is 5.82 Å². The second-order valence-electron chi connectivity index (χ2n) is 5.11. The largest absolute Gasteiger partial charge is 0.465 e. The van der Waals surface area contributed by atoms with E-state index in [0.717, 1.165) is 19.0 Å². The van der Waals surface area contributed by atoms with E-state index in [-0.39, 0.29) is 29.6 Å². The highest BCUT2D eigenvalue weighted by molar-refractivity contribution is 5.99. The highest BCUT2D eigenvalue weighted by Crippen LogP contribution is 2.26. The number of nitrogens with one attached hydrogen (secondary N) is 2. The number of amides is 1. The predicted molar refractivity (Wildman–Crippen MR) is 83.9 cm³/mol. The van der Waals surface area contributed by atoms with E-state index in [1.807, 2.05) is 6.92 Å². The van der Waals surface area contributed by atoms with Crippen LogP contribution in [0.3, 0.4) is 0 Å². The number of hydrogen-bond acceptors (Lipinski definition) is 4. The standard InChI is InChI=1S/C15H19FN2O3.ClH/c1-3-15(7-4-8-17-15)14(20)18-12-9-10(13(19)21-2)5-6-11(12)16;/h5-6,9,17H,3-4,7-8H2,1-2H3,(H,18,20);1H. The number of ether oxygens (including phenoxy) is 1. The summed E-state index contributed by atoms with van der Waals surface area (Å²) in [7, 11) is 1.25. The Morgan fingerprint density at radius 1 is 1.45 bits per heavy atom. The SMILES string of the molecule is CCC1(C(=O)Nc2cc(C(=O)OC)ccc2F)CCCN1.Cl. The Morgan fingerprint density at radius 3 is 2.73 bits per heavy atom. The molecule has 0 radical (unpaired) electrons. The zero-order valence-electron chi connectivity index (χ0n) is 12.6. The van der Waals surface area contributed by atoms with Gasteiger partial charge in [0.2, 0.25) is 5.91 Å². The van der Waals surface area contributed by atoms with Crippen molar-refractivity contribution >= 4 is 30.0 Å².